The van der Waals surface area contributed by atoms with Crippen LogP contribution in [0.15, 0.2) is 71.6 Å². The molecule has 3 rings (SSSR count). The fourth-order valence-electron chi connectivity index (χ4n) is 2.77. The number of sulfonamides is 2. The van der Waals surface area contributed by atoms with Crippen molar-refractivity contribution in [1.82, 2.24) is 0 Å². The molecule has 0 bridgehead atoms. The van der Waals surface area contributed by atoms with Crippen LogP contribution in [0.4, 0.5) is 11.4 Å². The van der Waals surface area contributed by atoms with E-state index in [0.717, 1.165) is 12.3 Å². The lowest BCUT2D eigenvalue weighted by molar-refractivity contribution is -0.131. The number of hydrogen-bond donors (Lipinski definition) is 3. The highest BCUT2D eigenvalue weighted by atomic mass is 35.5. The van der Waals surface area contributed by atoms with Crippen LogP contribution in [-0.4, -0.2) is 34.2 Å². The summed E-state index contributed by atoms with van der Waals surface area (Å²) >= 11 is 12.0. The van der Waals surface area contributed by atoms with E-state index in [2.05, 4.69) is 9.44 Å². The molecule has 0 aliphatic carbocycles. The topological polar surface area (TPSA) is 139 Å². The third-order valence-electron chi connectivity index (χ3n) is 4.25. The molecule has 0 aliphatic rings. The second-order valence-corrected chi connectivity index (χ2v) is 11.4. The highest BCUT2D eigenvalue weighted by Crippen LogP contribution is 2.37. The van der Waals surface area contributed by atoms with Crippen LogP contribution in [0, 0.1) is 0 Å². The summed E-state index contributed by atoms with van der Waals surface area (Å²) in [6.45, 7) is 0. The Kier molecular flexibility index (Phi) is 7.96. The number of hydrogen-bond acceptors (Lipinski definition) is 6. The number of ether oxygens (including phenoxy) is 1. The van der Waals surface area contributed by atoms with Crippen molar-refractivity contribution >= 4 is 66.7 Å². The number of nitrogens with one attached hydrogen (secondary N) is 2. The van der Waals surface area contributed by atoms with E-state index in [1.165, 1.54) is 66.7 Å². The van der Waals surface area contributed by atoms with Crippen LogP contribution in [0.2, 0.25) is 10.0 Å². The first-order chi connectivity index (χ1) is 16.3. The smallest absolute Gasteiger partial charge is 0.328 e. The molecule has 0 aliphatic heterocycles. The summed E-state index contributed by atoms with van der Waals surface area (Å²) in [4.78, 5) is 10.5. The molecule has 0 heterocycles. The fraction of sp³-hybridized carbons (Fsp3) is 0.0455. The van der Waals surface area contributed by atoms with Gasteiger partial charge < -0.3 is 9.84 Å². The van der Waals surface area contributed by atoms with E-state index < -0.39 is 26.0 Å². The van der Waals surface area contributed by atoms with Gasteiger partial charge in [0.25, 0.3) is 10.0 Å². The van der Waals surface area contributed by atoms with Crippen LogP contribution in [0.1, 0.15) is 5.56 Å². The van der Waals surface area contributed by atoms with E-state index in [4.69, 9.17) is 33.0 Å². The molecule has 35 heavy (non-hydrogen) atoms. The van der Waals surface area contributed by atoms with E-state index in [0.29, 0.717) is 10.6 Å². The van der Waals surface area contributed by atoms with Crippen molar-refractivity contribution in [3.63, 3.8) is 0 Å². The Morgan fingerprint density at radius 3 is 2.20 bits per heavy atom. The maximum absolute atomic E-state index is 12.8. The zero-order valence-electron chi connectivity index (χ0n) is 17.9. The molecule has 0 radical (unpaired) electrons. The molecular formula is C22H18Cl2N2O7S2. The number of anilines is 2. The van der Waals surface area contributed by atoms with Crippen molar-refractivity contribution in [2.75, 3.05) is 15.7 Å². The average Bonchev–Trinajstić information content (AvgIpc) is 2.75. The maximum Gasteiger partial charge on any atom is 0.328 e. The molecule has 0 atom stereocenters. The minimum Gasteiger partial charge on any atom is -0.478 e. The number of benzene rings is 3. The lowest BCUT2D eigenvalue weighted by Crippen LogP contribution is -2.14. The van der Waals surface area contributed by atoms with Crippen molar-refractivity contribution in [3.8, 4) is 11.5 Å². The van der Waals surface area contributed by atoms with E-state index in [1.807, 2.05) is 0 Å². The molecule has 184 valence electrons. The van der Waals surface area contributed by atoms with Gasteiger partial charge in [0, 0.05) is 17.2 Å². The molecule has 3 aromatic rings. The van der Waals surface area contributed by atoms with Gasteiger partial charge in [-0.15, -0.1) is 0 Å². The third kappa shape index (κ3) is 7.62. The highest BCUT2D eigenvalue weighted by Gasteiger charge is 2.17. The van der Waals surface area contributed by atoms with Crippen LogP contribution < -0.4 is 14.2 Å². The Hall–Kier alpha value is -3.25. The Bertz CT molecular complexity index is 1510. The van der Waals surface area contributed by atoms with Gasteiger partial charge in [-0.25, -0.2) is 21.6 Å². The van der Waals surface area contributed by atoms with Crippen LogP contribution in [0.5, 0.6) is 11.5 Å². The van der Waals surface area contributed by atoms with Gasteiger partial charge in [0.05, 0.1) is 27.5 Å². The van der Waals surface area contributed by atoms with Crippen molar-refractivity contribution in [3.05, 3.63) is 82.3 Å². The molecule has 0 spiro atoms. The highest BCUT2D eigenvalue weighted by molar-refractivity contribution is 7.92. The summed E-state index contributed by atoms with van der Waals surface area (Å²) in [7, 11) is -7.72. The number of carbonyl (C=O) groups is 1. The standard InChI is InChI=1S/C22H18Cl2N2O7S2/c1-34(29,30)26-19-9-6-16(13-21(19)33-20-10-5-15(23)12-18(20)24)25-35(31,32)17-7-2-14(3-8-17)4-11-22(27)28/h2-13,25-26H,1H3,(H,27,28)/b11-4+. The summed E-state index contributed by atoms with van der Waals surface area (Å²) in [5.74, 6) is -0.985. The normalized spacial score (nSPS) is 11.9. The Balaban J connectivity index is 1.92. The SMILES string of the molecule is CS(=O)(=O)Nc1ccc(NS(=O)(=O)c2ccc(/C=C/C(=O)O)cc2)cc1Oc1ccc(Cl)cc1Cl. The molecule has 0 unspecified atom stereocenters. The summed E-state index contributed by atoms with van der Waals surface area (Å²) in [5.41, 5.74) is 0.633. The molecular weight excluding hydrogens is 539 g/mol. The summed E-state index contributed by atoms with van der Waals surface area (Å²) in [6.07, 6.45) is 3.21. The second kappa shape index (κ2) is 10.6. The summed E-state index contributed by atoms with van der Waals surface area (Å²) in [6, 6.07) is 13.9. The molecule has 0 saturated carbocycles. The van der Waals surface area contributed by atoms with Gasteiger partial charge in [0.2, 0.25) is 10.0 Å². The van der Waals surface area contributed by atoms with Gasteiger partial charge in [0.15, 0.2) is 5.75 Å². The number of carboxylic acids is 1. The first-order valence-electron chi connectivity index (χ1n) is 9.61. The molecule has 13 heteroatoms. The predicted octanol–water partition coefficient (Wildman–Crippen LogP) is 5.06. The molecule has 9 nitrogen and oxygen atoms in total. The first-order valence-corrected chi connectivity index (χ1v) is 13.7. The van der Waals surface area contributed by atoms with Crippen LogP contribution in [-0.2, 0) is 24.8 Å². The molecule has 3 aromatic carbocycles. The second-order valence-electron chi connectivity index (χ2n) is 7.11. The van der Waals surface area contributed by atoms with E-state index in [1.54, 1.807) is 0 Å². The first kappa shape index (κ1) is 26.4. The van der Waals surface area contributed by atoms with Crippen molar-refractivity contribution < 1.29 is 31.5 Å². The molecule has 0 fully saturated rings. The Labute approximate surface area is 212 Å². The minimum atomic E-state index is -4.04. The quantitative estimate of drug-likeness (QED) is 0.313. The number of aliphatic carboxylic acids is 1. The Morgan fingerprint density at radius 2 is 1.60 bits per heavy atom. The minimum absolute atomic E-state index is 0.0194. The predicted molar refractivity (Wildman–Crippen MR) is 135 cm³/mol. The summed E-state index contributed by atoms with van der Waals surface area (Å²) in [5, 5.41) is 9.22. The lowest BCUT2D eigenvalue weighted by atomic mass is 10.2. The van der Waals surface area contributed by atoms with Crippen molar-refractivity contribution in [2.45, 2.75) is 4.90 Å². The molecule has 0 aromatic heterocycles. The van der Waals surface area contributed by atoms with E-state index in [9.17, 15) is 21.6 Å². The Morgan fingerprint density at radius 1 is 0.914 bits per heavy atom. The maximum atomic E-state index is 12.8. The molecule has 0 saturated heterocycles. The van der Waals surface area contributed by atoms with Crippen LogP contribution in [0.3, 0.4) is 0 Å². The monoisotopic (exact) mass is 556 g/mol. The van der Waals surface area contributed by atoms with Gasteiger partial charge in [-0.2, -0.15) is 0 Å². The molecule has 0 amide bonds. The van der Waals surface area contributed by atoms with Gasteiger partial charge in [-0.05, 0) is 54.1 Å². The largest absolute Gasteiger partial charge is 0.478 e. The van der Waals surface area contributed by atoms with Gasteiger partial charge >= 0.3 is 5.97 Å². The summed E-state index contributed by atoms with van der Waals surface area (Å²) < 4.78 is 59.7. The van der Waals surface area contributed by atoms with E-state index >= 15 is 0 Å². The van der Waals surface area contributed by atoms with Crippen molar-refractivity contribution in [2.24, 2.45) is 0 Å². The zero-order valence-corrected chi connectivity index (χ0v) is 21.0. The van der Waals surface area contributed by atoms with E-state index in [-0.39, 0.29) is 32.8 Å². The van der Waals surface area contributed by atoms with Crippen molar-refractivity contribution in [1.29, 1.82) is 0 Å². The zero-order chi connectivity index (χ0) is 25.8. The van der Waals surface area contributed by atoms with Crippen LogP contribution >= 0.6 is 23.2 Å². The third-order valence-corrected chi connectivity index (χ3v) is 6.77. The fourth-order valence-corrected chi connectivity index (χ4v) is 4.84. The van der Waals surface area contributed by atoms with Gasteiger partial charge in [-0.1, -0.05) is 35.3 Å². The van der Waals surface area contributed by atoms with Gasteiger partial charge in [-0.3, -0.25) is 9.44 Å². The number of rotatable bonds is 9. The van der Waals surface area contributed by atoms with Gasteiger partial charge in [0.1, 0.15) is 5.75 Å². The molecule has 3 N–H and O–H groups in total. The number of carboxylic acid groups (broad SMARTS) is 1. The van der Waals surface area contributed by atoms with Crippen LogP contribution in [0.25, 0.3) is 6.08 Å². The lowest BCUT2D eigenvalue weighted by Gasteiger charge is -2.15. The average molecular weight is 557 g/mol. The number of halogens is 2.